The Labute approximate surface area is 199 Å². The summed E-state index contributed by atoms with van der Waals surface area (Å²) in [5, 5.41) is 5.64. The summed E-state index contributed by atoms with van der Waals surface area (Å²) in [5.74, 6) is -0.0784. The van der Waals surface area contributed by atoms with E-state index in [2.05, 4.69) is 40.5 Å². The number of amides is 2. The van der Waals surface area contributed by atoms with Crippen molar-refractivity contribution in [1.29, 1.82) is 0 Å². The van der Waals surface area contributed by atoms with Crippen LogP contribution in [0, 0.1) is 0 Å². The van der Waals surface area contributed by atoms with Crippen molar-refractivity contribution in [3.63, 3.8) is 0 Å². The van der Waals surface area contributed by atoms with Gasteiger partial charge in [0, 0.05) is 57.0 Å². The van der Waals surface area contributed by atoms with E-state index in [9.17, 15) is 9.59 Å². The highest BCUT2D eigenvalue weighted by molar-refractivity contribution is 5.94. The third-order valence-electron chi connectivity index (χ3n) is 6.18. The molecule has 33 heavy (non-hydrogen) atoms. The van der Waals surface area contributed by atoms with Gasteiger partial charge in [-0.25, -0.2) is 4.79 Å². The fraction of sp³-hybridized carbons (Fsp3) is 0.680. The number of carbonyl (C=O) groups is 2. The molecule has 0 spiro atoms. The molecule has 186 valence electrons. The Balaban J connectivity index is 2.03. The molecular weight excluding hydrogens is 420 g/mol. The van der Waals surface area contributed by atoms with Crippen molar-refractivity contribution in [2.75, 3.05) is 40.9 Å². The summed E-state index contributed by atoms with van der Waals surface area (Å²) >= 11 is 0. The van der Waals surface area contributed by atoms with Crippen LogP contribution in [0.15, 0.2) is 24.3 Å². The van der Waals surface area contributed by atoms with Gasteiger partial charge in [-0.2, -0.15) is 0 Å². The molecule has 0 bridgehead atoms. The van der Waals surface area contributed by atoms with Crippen LogP contribution in [-0.2, 0) is 9.47 Å². The van der Waals surface area contributed by atoms with Crippen molar-refractivity contribution < 1.29 is 19.1 Å². The molecule has 0 aromatic heterocycles. The van der Waals surface area contributed by atoms with Crippen molar-refractivity contribution in [3.05, 3.63) is 35.4 Å². The summed E-state index contributed by atoms with van der Waals surface area (Å²) in [7, 11) is 5.51. The van der Waals surface area contributed by atoms with E-state index in [4.69, 9.17) is 9.47 Å². The first-order chi connectivity index (χ1) is 15.4. The molecule has 1 fully saturated rings. The minimum atomic E-state index is -0.519. The molecule has 4 atom stereocenters. The van der Waals surface area contributed by atoms with Crippen LogP contribution in [0.5, 0.6) is 0 Å². The third-order valence-corrected chi connectivity index (χ3v) is 6.18. The fourth-order valence-electron chi connectivity index (χ4n) is 4.38. The molecule has 3 unspecified atom stereocenters. The molecule has 8 nitrogen and oxygen atoms in total. The van der Waals surface area contributed by atoms with Crippen molar-refractivity contribution in [1.82, 2.24) is 20.4 Å². The quantitative estimate of drug-likeness (QED) is 0.587. The number of methoxy groups -OCH3 is 1. The standard InChI is InChI=1S/C25H42N4O4/c1-17(27-24(31)33-25(3,4)5)14-29-15-21(13-22(29)16-32-8)28(7)18(2)19-10-9-11-20(12-19)23(30)26-6/h9-12,17-18,21-22H,13-16H2,1-8H3,(H,26,30)(H,27,31)/t17?,18?,21-,22?/m0/s1. The molecule has 1 aliphatic rings. The van der Waals surface area contributed by atoms with Gasteiger partial charge in [-0.15, -0.1) is 0 Å². The second kappa shape index (κ2) is 11.8. The van der Waals surface area contributed by atoms with E-state index in [0.29, 0.717) is 18.2 Å². The van der Waals surface area contributed by atoms with E-state index >= 15 is 0 Å². The van der Waals surface area contributed by atoms with Gasteiger partial charge in [0.15, 0.2) is 0 Å². The highest BCUT2D eigenvalue weighted by Gasteiger charge is 2.36. The van der Waals surface area contributed by atoms with E-state index in [1.165, 1.54) is 0 Å². The van der Waals surface area contributed by atoms with Gasteiger partial charge in [-0.05, 0) is 65.8 Å². The Hall–Kier alpha value is -2.16. The van der Waals surface area contributed by atoms with Crippen molar-refractivity contribution in [3.8, 4) is 0 Å². The lowest BCUT2D eigenvalue weighted by Crippen LogP contribution is -2.46. The molecule has 1 aliphatic heterocycles. The number of likely N-dealkylation sites (tertiary alicyclic amines) is 1. The molecule has 0 saturated carbocycles. The van der Waals surface area contributed by atoms with Gasteiger partial charge in [0.05, 0.1) is 6.61 Å². The topological polar surface area (TPSA) is 83.1 Å². The predicted octanol–water partition coefficient (Wildman–Crippen LogP) is 3.04. The molecule has 1 aromatic carbocycles. The number of likely N-dealkylation sites (N-methyl/N-ethyl adjacent to an activating group) is 1. The predicted molar refractivity (Wildman–Crippen MR) is 130 cm³/mol. The SMILES string of the molecule is CNC(=O)c1cccc(C(C)N(C)[C@H]2CC(COC)N(CC(C)NC(=O)OC(C)(C)C)C2)c1. The average Bonchev–Trinajstić information content (AvgIpc) is 3.13. The van der Waals surface area contributed by atoms with Gasteiger partial charge >= 0.3 is 6.09 Å². The van der Waals surface area contributed by atoms with E-state index in [-0.39, 0.29) is 24.0 Å². The van der Waals surface area contributed by atoms with Crippen molar-refractivity contribution in [2.24, 2.45) is 0 Å². The maximum Gasteiger partial charge on any atom is 0.407 e. The lowest BCUT2D eigenvalue weighted by molar-refractivity contribution is 0.0485. The second-order valence-electron chi connectivity index (χ2n) is 10.0. The van der Waals surface area contributed by atoms with Crippen LogP contribution in [0.3, 0.4) is 0 Å². The van der Waals surface area contributed by atoms with Gasteiger partial charge in [0.1, 0.15) is 5.60 Å². The van der Waals surface area contributed by atoms with Crippen molar-refractivity contribution in [2.45, 2.75) is 70.8 Å². The number of hydrogen-bond donors (Lipinski definition) is 2. The van der Waals surface area contributed by atoms with Crippen LogP contribution >= 0.6 is 0 Å². The summed E-state index contributed by atoms with van der Waals surface area (Å²) < 4.78 is 10.9. The van der Waals surface area contributed by atoms with Gasteiger partial charge in [-0.3, -0.25) is 14.6 Å². The van der Waals surface area contributed by atoms with Crippen LogP contribution < -0.4 is 10.6 Å². The normalized spacial score (nSPS) is 21.0. The average molecular weight is 463 g/mol. The molecule has 0 radical (unpaired) electrons. The molecule has 1 heterocycles. The Kier molecular flexibility index (Phi) is 9.70. The summed E-state index contributed by atoms with van der Waals surface area (Å²) in [6, 6.07) is 8.51. The van der Waals surface area contributed by atoms with Crippen molar-refractivity contribution >= 4 is 12.0 Å². The molecule has 0 aliphatic carbocycles. The Morgan fingerprint density at radius 1 is 1.27 bits per heavy atom. The highest BCUT2D eigenvalue weighted by Crippen LogP contribution is 2.29. The molecule has 2 amide bonds. The Morgan fingerprint density at radius 2 is 1.97 bits per heavy atom. The van der Waals surface area contributed by atoms with Gasteiger partial charge in [0.2, 0.25) is 0 Å². The van der Waals surface area contributed by atoms with Crippen LogP contribution in [0.25, 0.3) is 0 Å². The van der Waals surface area contributed by atoms with Gasteiger partial charge in [0.25, 0.3) is 5.91 Å². The molecule has 8 heteroatoms. The first-order valence-corrected chi connectivity index (χ1v) is 11.7. The Morgan fingerprint density at radius 3 is 2.58 bits per heavy atom. The largest absolute Gasteiger partial charge is 0.444 e. The van der Waals surface area contributed by atoms with Crippen LogP contribution in [0.4, 0.5) is 4.79 Å². The number of hydrogen-bond acceptors (Lipinski definition) is 6. The van der Waals surface area contributed by atoms with Gasteiger partial charge < -0.3 is 20.1 Å². The fourth-order valence-corrected chi connectivity index (χ4v) is 4.38. The summed E-state index contributed by atoms with van der Waals surface area (Å²) in [6.07, 6.45) is 0.582. The second-order valence-corrected chi connectivity index (χ2v) is 10.0. The number of rotatable bonds is 9. The summed E-state index contributed by atoms with van der Waals surface area (Å²) in [5.41, 5.74) is 1.26. The van der Waals surface area contributed by atoms with E-state index < -0.39 is 11.7 Å². The van der Waals surface area contributed by atoms with Crippen LogP contribution in [0.1, 0.15) is 63.0 Å². The van der Waals surface area contributed by atoms with E-state index in [1.807, 2.05) is 45.9 Å². The van der Waals surface area contributed by atoms with Crippen LogP contribution in [0.2, 0.25) is 0 Å². The van der Waals surface area contributed by atoms with Crippen LogP contribution in [-0.4, -0.2) is 86.4 Å². The summed E-state index contributed by atoms with van der Waals surface area (Å²) in [6.45, 7) is 12.0. The molecule has 1 aromatic rings. The molecule has 2 rings (SSSR count). The zero-order chi connectivity index (χ0) is 24.8. The monoisotopic (exact) mass is 462 g/mol. The maximum atomic E-state index is 12.2. The van der Waals surface area contributed by atoms with E-state index in [1.54, 1.807) is 14.2 Å². The number of ether oxygens (including phenoxy) is 2. The first-order valence-electron chi connectivity index (χ1n) is 11.7. The van der Waals surface area contributed by atoms with Gasteiger partial charge in [-0.1, -0.05) is 12.1 Å². The number of nitrogens with one attached hydrogen (secondary N) is 2. The Bertz CT molecular complexity index is 795. The van der Waals surface area contributed by atoms with E-state index in [0.717, 1.165) is 25.1 Å². The molecule has 2 N–H and O–H groups in total. The summed E-state index contributed by atoms with van der Waals surface area (Å²) in [4.78, 5) is 29.0. The lowest BCUT2D eigenvalue weighted by Gasteiger charge is -2.31. The number of carbonyl (C=O) groups excluding carboxylic acids is 2. The maximum absolute atomic E-state index is 12.2. The lowest BCUT2D eigenvalue weighted by atomic mass is 10.0. The smallest absolute Gasteiger partial charge is 0.407 e. The first kappa shape index (κ1) is 27.1. The zero-order valence-electron chi connectivity index (χ0n) is 21.5. The number of alkyl carbamates (subject to hydrolysis) is 1. The zero-order valence-corrected chi connectivity index (χ0v) is 21.5. The third kappa shape index (κ3) is 7.98. The minimum Gasteiger partial charge on any atom is -0.444 e. The highest BCUT2D eigenvalue weighted by atomic mass is 16.6. The molecule has 1 saturated heterocycles. The minimum absolute atomic E-state index is 0.0510. The number of benzene rings is 1. The number of nitrogens with zero attached hydrogens (tertiary/aromatic N) is 2. The molecular formula is C25H42N4O4.